The minimum atomic E-state index is -0.654. The van der Waals surface area contributed by atoms with E-state index in [1.54, 1.807) is 19.1 Å². The number of guanidine groups is 1. The molecule has 162 valence electrons. The van der Waals surface area contributed by atoms with E-state index in [-0.39, 0.29) is 24.1 Å². The Bertz CT molecular complexity index is 915. The SMILES string of the molecule is CCOC(=O)NC(N)=NCCCNc1nonc1C(=Nc1ccc(C)c(Br)c1)NO. The van der Waals surface area contributed by atoms with Gasteiger partial charge in [0.2, 0.25) is 5.82 Å². The van der Waals surface area contributed by atoms with Gasteiger partial charge < -0.3 is 15.8 Å². The van der Waals surface area contributed by atoms with Crippen molar-refractivity contribution in [2.45, 2.75) is 20.3 Å². The number of benzene rings is 1. The zero-order valence-corrected chi connectivity index (χ0v) is 18.1. The van der Waals surface area contributed by atoms with Gasteiger partial charge in [-0.05, 0) is 48.3 Å². The molecular formula is C17H23BrN8O4. The molecule has 0 bridgehead atoms. The van der Waals surface area contributed by atoms with Crippen molar-refractivity contribution in [1.29, 1.82) is 0 Å². The fraction of sp³-hybridized carbons (Fsp3) is 0.353. The van der Waals surface area contributed by atoms with Crippen molar-refractivity contribution in [2.24, 2.45) is 15.7 Å². The zero-order chi connectivity index (χ0) is 21.9. The van der Waals surface area contributed by atoms with Gasteiger partial charge in [-0.2, -0.15) is 0 Å². The monoisotopic (exact) mass is 482 g/mol. The molecule has 1 amide bonds. The van der Waals surface area contributed by atoms with Crippen LogP contribution in [0.5, 0.6) is 0 Å². The van der Waals surface area contributed by atoms with Gasteiger partial charge in [-0.3, -0.25) is 21.0 Å². The number of nitrogens with zero attached hydrogens (tertiary/aromatic N) is 4. The molecule has 0 saturated carbocycles. The summed E-state index contributed by atoms with van der Waals surface area (Å²) in [7, 11) is 0. The van der Waals surface area contributed by atoms with E-state index in [0.717, 1.165) is 10.0 Å². The summed E-state index contributed by atoms with van der Waals surface area (Å²) in [5.74, 6) is 0.332. The number of carbonyl (C=O) groups is 1. The van der Waals surface area contributed by atoms with Crippen molar-refractivity contribution in [1.82, 2.24) is 21.1 Å². The third-order valence-corrected chi connectivity index (χ3v) is 4.48. The van der Waals surface area contributed by atoms with Crippen LogP contribution in [-0.2, 0) is 4.74 Å². The fourth-order valence-electron chi connectivity index (χ4n) is 2.17. The molecule has 0 atom stereocenters. The van der Waals surface area contributed by atoms with Crippen LogP contribution >= 0.6 is 15.9 Å². The summed E-state index contributed by atoms with van der Waals surface area (Å²) >= 11 is 3.44. The summed E-state index contributed by atoms with van der Waals surface area (Å²) in [6.07, 6.45) is -0.0827. The zero-order valence-electron chi connectivity index (χ0n) is 16.5. The van der Waals surface area contributed by atoms with Gasteiger partial charge in [-0.15, -0.1) is 0 Å². The number of hydrogen-bond donors (Lipinski definition) is 5. The highest BCUT2D eigenvalue weighted by atomic mass is 79.9. The highest BCUT2D eigenvalue weighted by Crippen LogP contribution is 2.23. The molecule has 6 N–H and O–H groups in total. The van der Waals surface area contributed by atoms with E-state index < -0.39 is 6.09 Å². The smallest absolute Gasteiger partial charge is 0.413 e. The summed E-state index contributed by atoms with van der Waals surface area (Å²) in [5, 5.41) is 22.4. The third-order valence-electron chi connectivity index (χ3n) is 3.63. The average molecular weight is 483 g/mol. The van der Waals surface area contributed by atoms with Crippen LogP contribution in [0.15, 0.2) is 37.3 Å². The first kappa shape index (κ1) is 23.1. The van der Waals surface area contributed by atoms with Crippen LogP contribution < -0.4 is 21.8 Å². The van der Waals surface area contributed by atoms with E-state index in [4.69, 9.17) is 15.1 Å². The molecule has 0 unspecified atom stereocenters. The lowest BCUT2D eigenvalue weighted by atomic mass is 10.2. The minimum absolute atomic E-state index is 0.0274. The van der Waals surface area contributed by atoms with E-state index in [0.29, 0.717) is 31.0 Å². The predicted molar refractivity (Wildman–Crippen MR) is 114 cm³/mol. The second-order valence-corrected chi connectivity index (χ2v) is 6.71. The first-order chi connectivity index (χ1) is 14.4. The number of hydrogen-bond acceptors (Lipinski definition) is 9. The summed E-state index contributed by atoms with van der Waals surface area (Å²) in [5.41, 5.74) is 9.45. The maximum atomic E-state index is 11.2. The quantitative estimate of drug-likeness (QED) is 0.163. The molecule has 13 heteroatoms. The first-order valence-corrected chi connectivity index (χ1v) is 9.79. The molecule has 30 heavy (non-hydrogen) atoms. The molecule has 0 radical (unpaired) electrons. The molecular weight excluding hydrogens is 460 g/mol. The van der Waals surface area contributed by atoms with Gasteiger partial charge in [0.05, 0.1) is 12.3 Å². The number of rotatable bonds is 8. The Balaban J connectivity index is 1.93. The van der Waals surface area contributed by atoms with Gasteiger partial charge >= 0.3 is 6.09 Å². The van der Waals surface area contributed by atoms with E-state index in [1.165, 1.54) is 0 Å². The minimum Gasteiger partial charge on any atom is -0.450 e. The normalized spacial score (nSPS) is 11.9. The van der Waals surface area contributed by atoms with Crippen LogP contribution in [0, 0.1) is 6.92 Å². The predicted octanol–water partition coefficient (Wildman–Crippen LogP) is 2.06. The Hall–Kier alpha value is -3.19. The number of nitrogens with two attached hydrogens (primary N) is 1. The Labute approximate surface area is 181 Å². The number of amides is 1. The first-order valence-electron chi connectivity index (χ1n) is 9.00. The molecule has 1 heterocycles. The molecule has 0 aliphatic carbocycles. The highest BCUT2D eigenvalue weighted by molar-refractivity contribution is 9.10. The van der Waals surface area contributed by atoms with Crippen LogP contribution in [-0.4, -0.2) is 53.1 Å². The third kappa shape index (κ3) is 7.00. The Morgan fingerprint density at radius 3 is 2.90 bits per heavy atom. The topological polar surface area (TPSA) is 172 Å². The Morgan fingerprint density at radius 2 is 2.20 bits per heavy atom. The van der Waals surface area contributed by atoms with Gasteiger partial charge in [0.1, 0.15) is 0 Å². The maximum absolute atomic E-state index is 11.2. The van der Waals surface area contributed by atoms with Crippen molar-refractivity contribution in [3.63, 3.8) is 0 Å². The van der Waals surface area contributed by atoms with Crippen LogP contribution in [0.4, 0.5) is 16.3 Å². The highest BCUT2D eigenvalue weighted by Gasteiger charge is 2.16. The largest absolute Gasteiger partial charge is 0.450 e. The number of alkyl carbamates (subject to hydrolysis) is 1. The van der Waals surface area contributed by atoms with E-state index >= 15 is 0 Å². The number of amidine groups is 1. The van der Waals surface area contributed by atoms with E-state index in [9.17, 15) is 10.0 Å². The number of aliphatic imine (C=N–C) groups is 2. The number of ether oxygens (including phenoxy) is 1. The molecule has 0 aliphatic rings. The number of hydroxylamine groups is 1. The number of nitrogens with one attached hydrogen (secondary N) is 3. The molecule has 1 aromatic carbocycles. The average Bonchev–Trinajstić information content (AvgIpc) is 3.17. The molecule has 0 saturated heterocycles. The van der Waals surface area contributed by atoms with E-state index in [1.807, 2.05) is 18.5 Å². The molecule has 1 aromatic heterocycles. The fourth-order valence-corrected chi connectivity index (χ4v) is 2.53. The standard InChI is InChI=1S/C17H23BrN8O4/c1-3-29-17(27)23-16(19)21-8-4-7-20-14-13(25-30-26-14)15(24-28)22-11-6-5-10(2)12(18)9-11/h5-6,9,28H,3-4,7-8H2,1-2H3,(H,20,26)(H,22,24)(H3,19,21,23,27). The number of aromatic nitrogens is 2. The lowest BCUT2D eigenvalue weighted by Gasteiger charge is -2.06. The second-order valence-electron chi connectivity index (χ2n) is 5.86. The molecule has 2 rings (SSSR count). The van der Waals surface area contributed by atoms with Gasteiger partial charge in [0.15, 0.2) is 17.5 Å². The van der Waals surface area contributed by atoms with Crippen molar-refractivity contribution in [2.75, 3.05) is 25.0 Å². The number of aryl methyl sites for hydroxylation is 1. The van der Waals surface area contributed by atoms with E-state index in [2.05, 4.69) is 46.9 Å². The second kappa shape index (κ2) is 11.7. The Morgan fingerprint density at radius 1 is 1.40 bits per heavy atom. The van der Waals surface area contributed by atoms with Gasteiger partial charge in [-0.1, -0.05) is 22.0 Å². The van der Waals surface area contributed by atoms with Gasteiger partial charge in [-0.25, -0.2) is 14.4 Å². The van der Waals surface area contributed by atoms with Gasteiger partial charge in [0.25, 0.3) is 0 Å². The maximum Gasteiger partial charge on any atom is 0.413 e. The van der Waals surface area contributed by atoms with Crippen molar-refractivity contribution >= 4 is 45.3 Å². The molecule has 0 aliphatic heterocycles. The van der Waals surface area contributed by atoms with Crippen LogP contribution in [0.2, 0.25) is 0 Å². The molecule has 2 aromatic rings. The van der Waals surface area contributed by atoms with Crippen LogP contribution in [0.3, 0.4) is 0 Å². The van der Waals surface area contributed by atoms with Crippen molar-refractivity contribution in [3.8, 4) is 0 Å². The molecule has 12 nitrogen and oxygen atoms in total. The number of halogens is 1. The van der Waals surface area contributed by atoms with Crippen LogP contribution in [0.1, 0.15) is 24.6 Å². The van der Waals surface area contributed by atoms with Crippen molar-refractivity contribution in [3.05, 3.63) is 33.9 Å². The molecule has 0 fully saturated rings. The summed E-state index contributed by atoms with van der Waals surface area (Å²) in [4.78, 5) is 19.6. The molecule has 0 spiro atoms. The van der Waals surface area contributed by atoms with Gasteiger partial charge in [0, 0.05) is 17.6 Å². The summed E-state index contributed by atoms with van der Waals surface area (Å²) in [6, 6.07) is 5.49. The summed E-state index contributed by atoms with van der Waals surface area (Å²) in [6.45, 7) is 4.69. The summed E-state index contributed by atoms with van der Waals surface area (Å²) < 4.78 is 10.3. The Kier molecular flexibility index (Phi) is 9.03. The van der Waals surface area contributed by atoms with Crippen LogP contribution in [0.25, 0.3) is 0 Å². The lowest BCUT2D eigenvalue weighted by molar-refractivity contribution is 0.157. The number of carbonyl (C=O) groups excluding carboxylic acids is 1. The lowest BCUT2D eigenvalue weighted by Crippen LogP contribution is -2.37. The van der Waals surface area contributed by atoms with Crippen molar-refractivity contribution < 1.29 is 19.4 Å². The number of anilines is 1.